The van der Waals surface area contributed by atoms with E-state index in [9.17, 15) is 4.79 Å². The summed E-state index contributed by atoms with van der Waals surface area (Å²) in [6, 6.07) is 0. The van der Waals surface area contributed by atoms with Crippen LogP contribution < -0.4 is 0 Å². The molecule has 0 rings (SSSR count). The van der Waals surface area contributed by atoms with Crippen molar-refractivity contribution in [1.82, 2.24) is 0 Å². The lowest BCUT2D eigenvalue weighted by molar-refractivity contribution is -0.135. The molecule has 0 aromatic carbocycles. The Morgan fingerprint density at radius 3 is 1.70 bits per heavy atom. The Bertz CT molecular complexity index is 394. The van der Waals surface area contributed by atoms with Crippen LogP contribution in [0.4, 0.5) is 0 Å². The van der Waals surface area contributed by atoms with Gasteiger partial charge in [0.15, 0.2) is 0 Å². The standard InChI is InChI=1S/C24H48O2Si/c1-7-8-9-10-11-12-13-14-15-16-17-18-19-20-21-22-23(25)26-27(5,6)24(2,3)4/h12-13H,7-11,14-22H2,1-6H3/b13-12-. The summed E-state index contributed by atoms with van der Waals surface area (Å²) >= 11 is 0. The third-order valence-corrected chi connectivity index (χ3v) is 10.2. The van der Waals surface area contributed by atoms with Gasteiger partial charge in [-0.15, -0.1) is 0 Å². The fraction of sp³-hybridized carbons (Fsp3) is 0.875. The van der Waals surface area contributed by atoms with Crippen molar-refractivity contribution in [1.29, 1.82) is 0 Å². The molecule has 0 aromatic rings. The van der Waals surface area contributed by atoms with E-state index in [1.165, 1.54) is 70.6 Å². The van der Waals surface area contributed by atoms with E-state index in [-0.39, 0.29) is 11.0 Å². The van der Waals surface area contributed by atoms with Gasteiger partial charge in [0.1, 0.15) is 0 Å². The van der Waals surface area contributed by atoms with Gasteiger partial charge in [0.25, 0.3) is 14.3 Å². The summed E-state index contributed by atoms with van der Waals surface area (Å²) in [4.78, 5) is 12.0. The van der Waals surface area contributed by atoms with E-state index in [4.69, 9.17) is 4.43 Å². The fourth-order valence-electron chi connectivity index (χ4n) is 2.83. The molecule has 0 aliphatic rings. The number of hydrogen-bond donors (Lipinski definition) is 0. The minimum Gasteiger partial charge on any atom is -0.519 e. The Hall–Kier alpha value is -0.573. The molecule has 0 aliphatic carbocycles. The van der Waals surface area contributed by atoms with E-state index in [1.807, 2.05) is 0 Å². The lowest BCUT2D eigenvalue weighted by atomic mass is 10.1. The van der Waals surface area contributed by atoms with Crippen LogP contribution in [0.2, 0.25) is 18.1 Å². The van der Waals surface area contributed by atoms with Crippen molar-refractivity contribution < 1.29 is 9.22 Å². The molecule has 0 heterocycles. The molecule has 0 fully saturated rings. The first-order valence-corrected chi connectivity index (χ1v) is 14.5. The summed E-state index contributed by atoms with van der Waals surface area (Å²) in [6.45, 7) is 13.1. The van der Waals surface area contributed by atoms with Gasteiger partial charge in [0.2, 0.25) is 0 Å². The van der Waals surface area contributed by atoms with Crippen LogP contribution in [0.3, 0.4) is 0 Å². The van der Waals surface area contributed by atoms with Crippen molar-refractivity contribution >= 4 is 14.3 Å². The Labute approximate surface area is 171 Å². The van der Waals surface area contributed by atoms with Crippen molar-refractivity contribution in [2.24, 2.45) is 0 Å². The third kappa shape index (κ3) is 15.1. The quantitative estimate of drug-likeness (QED) is 0.148. The molecule has 0 aliphatic heterocycles. The van der Waals surface area contributed by atoms with Crippen molar-refractivity contribution in [3.8, 4) is 0 Å². The van der Waals surface area contributed by atoms with Gasteiger partial charge < -0.3 is 4.43 Å². The molecule has 160 valence electrons. The average molecular weight is 397 g/mol. The fourth-order valence-corrected chi connectivity index (χ4v) is 3.81. The number of unbranched alkanes of at least 4 members (excludes halogenated alkanes) is 11. The molecule has 0 radical (unpaired) electrons. The number of allylic oxidation sites excluding steroid dienone is 2. The third-order valence-electron chi connectivity index (χ3n) is 5.82. The van der Waals surface area contributed by atoms with E-state index in [1.54, 1.807) is 0 Å². The number of carbonyl (C=O) groups is 1. The van der Waals surface area contributed by atoms with Crippen LogP contribution in [-0.2, 0) is 9.22 Å². The largest absolute Gasteiger partial charge is 0.519 e. The van der Waals surface area contributed by atoms with Gasteiger partial charge in [-0.1, -0.05) is 91.2 Å². The topological polar surface area (TPSA) is 26.3 Å². The average Bonchev–Trinajstić information content (AvgIpc) is 2.57. The second-order valence-corrected chi connectivity index (χ2v) is 14.3. The lowest BCUT2D eigenvalue weighted by Crippen LogP contribution is -2.42. The zero-order valence-corrected chi connectivity index (χ0v) is 20.4. The van der Waals surface area contributed by atoms with Crippen molar-refractivity contribution in [2.75, 3.05) is 0 Å². The van der Waals surface area contributed by atoms with E-state index in [0.717, 1.165) is 12.8 Å². The van der Waals surface area contributed by atoms with Crippen LogP contribution in [-0.4, -0.2) is 14.3 Å². The van der Waals surface area contributed by atoms with E-state index >= 15 is 0 Å². The minimum absolute atomic E-state index is 0.0167. The highest BCUT2D eigenvalue weighted by Gasteiger charge is 2.40. The summed E-state index contributed by atoms with van der Waals surface area (Å²) in [5, 5.41) is 0.104. The van der Waals surface area contributed by atoms with Crippen LogP contribution in [0.25, 0.3) is 0 Å². The highest BCUT2D eigenvalue weighted by Crippen LogP contribution is 2.36. The zero-order chi connectivity index (χ0) is 20.6. The molecule has 0 saturated carbocycles. The van der Waals surface area contributed by atoms with Crippen molar-refractivity contribution in [3.05, 3.63) is 12.2 Å². The Morgan fingerprint density at radius 2 is 1.22 bits per heavy atom. The van der Waals surface area contributed by atoms with Gasteiger partial charge in [0, 0.05) is 6.42 Å². The first kappa shape index (κ1) is 26.4. The van der Waals surface area contributed by atoms with Crippen LogP contribution in [0, 0.1) is 0 Å². The van der Waals surface area contributed by atoms with E-state index in [0.29, 0.717) is 6.42 Å². The van der Waals surface area contributed by atoms with Crippen LogP contribution in [0.15, 0.2) is 12.2 Å². The molecule has 0 aromatic heterocycles. The number of carbonyl (C=O) groups excluding carboxylic acids is 1. The first-order valence-electron chi connectivity index (χ1n) is 11.6. The smallest absolute Gasteiger partial charge is 0.292 e. The second-order valence-electron chi connectivity index (χ2n) is 9.57. The van der Waals surface area contributed by atoms with Gasteiger partial charge in [-0.05, 0) is 50.2 Å². The van der Waals surface area contributed by atoms with Gasteiger partial charge in [-0.2, -0.15) is 0 Å². The summed E-state index contributed by atoms with van der Waals surface area (Å²) in [5.74, 6) is 0.0167. The SMILES string of the molecule is CCCCCC/C=C\CCCCCCCCCC(=O)O[Si](C)(C)C(C)(C)C. The van der Waals surface area contributed by atoms with Crippen LogP contribution >= 0.6 is 0 Å². The zero-order valence-electron chi connectivity index (χ0n) is 19.4. The Morgan fingerprint density at radius 1 is 0.778 bits per heavy atom. The molecule has 0 N–H and O–H groups in total. The molecular weight excluding hydrogens is 348 g/mol. The highest BCUT2D eigenvalue weighted by atomic mass is 28.4. The lowest BCUT2D eigenvalue weighted by Gasteiger charge is -2.35. The predicted octanol–water partition coefficient (Wildman–Crippen LogP) is 8.57. The number of hydrogen-bond acceptors (Lipinski definition) is 2. The molecular formula is C24H48O2Si. The van der Waals surface area contributed by atoms with Gasteiger partial charge in [-0.3, -0.25) is 4.79 Å². The molecule has 0 amide bonds. The first-order chi connectivity index (χ1) is 12.7. The Kier molecular flexibility index (Phi) is 15.0. The summed E-state index contributed by atoms with van der Waals surface area (Å²) < 4.78 is 5.81. The molecule has 0 unspecified atom stereocenters. The van der Waals surface area contributed by atoms with E-state index < -0.39 is 8.32 Å². The molecule has 0 saturated heterocycles. The highest BCUT2D eigenvalue weighted by molar-refractivity contribution is 6.75. The van der Waals surface area contributed by atoms with Crippen LogP contribution in [0.5, 0.6) is 0 Å². The maximum atomic E-state index is 12.0. The normalized spacial score (nSPS) is 12.7. The molecule has 27 heavy (non-hydrogen) atoms. The molecule has 0 spiro atoms. The monoisotopic (exact) mass is 396 g/mol. The van der Waals surface area contributed by atoms with Gasteiger partial charge in [0.05, 0.1) is 0 Å². The van der Waals surface area contributed by atoms with Gasteiger partial charge in [-0.25, -0.2) is 0 Å². The predicted molar refractivity (Wildman–Crippen MR) is 123 cm³/mol. The van der Waals surface area contributed by atoms with Crippen molar-refractivity contribution in [3.63, 3.8) is 0 Å². The van der Waals surface area contributed by atoms with Crippen molar-refractivity contribution in [2.45, 2.75) is 136 Å². The molecule has 3 heteroatoms. The summed E-state index contributed by atoms with van der Waals surface area (Å²) in [6.07, 6.45) is 22.0. The molecule has 2 nitrogen and oxygen atoms in total. The second kappa shape index (κ2) is 15.4. The molecule has 0 bridgehead atoms. The van der Waals surface area contributed by atoms with Gasteiger partial charge >= 0.3 is 0 Å². The Balaban J connectivity index is 3.45. The number of rotatable bonds is 16. The molecule has 0 atom stereocenters. The summed E-state index contributed by atoms with van der Waals surface area (Å²) in [5.41, 5.74) is 0. The maximum absolute atomic E-state index is 12.0. The maximum Gasteiger partial charge on any atom is 0.292 e. The van der Waals surface area contributed by atoms with Crippen LogP contribution in [0.1, 0.15) is 118 Å². The van der Waals surface area contributed by atoms with E-state index in [2.05, 4.69) is 52.9 Å². The minimum atomic E-state index is -1.93. The summed E-state index contributed by atoms with van der Waals surface area (Å²) in [7, 11) is -1.93.